The molecule has 0 saturated carbocycles. The fourth-order valence-corrected chi connectivity index (χ4v) is 6.39. The molecule has 1 saturated heterocycles. The monoisotopic (exact) mass is 466 g/mol. The lowest BCUT2D eigenvalue weighted by Crippen LogP contribution is -2.36. The maximum absolute atomic E-state index is 5.60. The standard InChI is InChI=1S/C25H30N4O3S/c1-15-3-5-18-21(11-15)33-25-23(18)24(27-22(28-25)13-29-7-9-30-10-8-29)26-16(2)17-4-6-19-20(12-17)32-14-31-19/h4,6,12,15-16H,3,5,7-11,13-14H2,1-2H3,(H,26,27,28)/t15-,16-/m0/s1. The Balaban J connectivity index is 1.36. The summed E-state index contributed by atoms with van der Waals surface area (Å²) >= 11 is 1.86. The Morgan fingerprint density at radius 3 is 2.91 bits per heavy atom. The number of nitrogens with zero attached hydrogens (tertiary/aromatic N) is 3. The van der Waals surface area contributed by atoms with Crippen LogP contribution in [0, 0.1) is 5.92 Å². The first-order valence-corrected chi connectivity index (χ1v) is 12.7. The highest BCUT2D eigenvalue weighted by atomic mass is 32.1. The van der Waals surface area contributed by atoms with Gasteiger partial charge in [-0.2, -0.15) is 0 Å². The molecule has 3 aromatic rings. The number of hydrogen-bond donors (Lipinski definition) is 1. The van der Waals surface area contributed by atoms with Crippen LogP contribution in [0.4, 0.5) is 5.82 Å². The second kappa shape index (κ2) is 8.74. The van der Waals surface area contributed by atoms with Gasteiger partial charge in [0.2, 0.25) is 6.79 Å². The SMILES string of the molecule is C[C@H]1CCc2c(sc3nc(CN4CCOCC4)nc(N[C@@H](C)c4ccc5c(c4)OCO5)c23)C1. The number of aryl methyl sites for hydroxylation is 1. The van der Waals surface area contributed by atoms with Crippen molar-refractivity contribution in [1.82, 2.24) is 14.9 Å². The molecule has 0 unspecified atom stereocenters. The lowest BCUT2D eigenvalue weighted by molar-refractivity contribution is 0.0331. The highest BCUT2D eigenvalue weighted by Gasteiger charge is 2.25. The quantitative estimate of drug-likeness (QED) is 0.592. The van der Waals surface area contributed by atoms with Crippen molar-refractivity contribution in [2.45, 2.75) is 45.7 Å². The number of hydrogen-bond acceptors (Lipinski definition) is 8. The summed E-state index contributed by atoms with van der Waals surface area (Å²) in [5.74, 6) is 4.19. The lowest BCUT2D eigenvalue weighted by atomic mass is 9.89. The van der Waals surface area contributed by atoms with E-state index < -0.39 is 0 Å². The predicted molar refractivity (Wildman–Crippen MR) is 129 cm³/mol. The maximum Gasteiger partial charge on any atom is 0.231 e. The Labute approximate surface area is 198 Å². The minimum Gasteiger partial charge on any atom is -0.454 e. The van der Waals surface area contributed by atoms with Crippen LogP contribution in [-0.4, -0.2) is 48.0 Å². The molecule has 3 aliphatic rings. The van der Waals surface area contributed by atoms with Gasteiger partial charge in [0.1, 0.15) is 16.5 Å². The van der Waals surface area contributed by atoms with E-state index in [1.807, 2.05) is 17.4 Å². The van der Waals surface area contributed by atoms with Crippen LogP contribution in [0.2, 0.25) is 0 Å². The Kier molecular flexibility index (Phi) is 5.60. The number of thiophene rings is 1. The molecule has 1 fully saturated rings. The van der Waals surface area contributed by atoms with Crippen LogP contribution in [0.5, 0.6) is 11.5 Å². The van der Waals surface area contributed by atoms with Crippen LogP contribution in [0.1, 0.15) is 48.1 Å². The van der Waals surface area contributed by atoms with Gasteiger partial charge in [0.15, 0.2) is 11.5 Å². The minimum absolute atomic E-state index is 0.0758. The number of anilines is 1. The molecule has 0 radical (unpaired) electrons. The van der Waals surface area contributed by atoms with Crippen molar-refractivity contribution in [3.05, 3.63) is 40.0 Å². The fraction of sp³-hybridized carbons (Fsp3) is 0.520. The third-order valence-electron chi connectivity index (χ3n) is 6.92. The van der Waals surface area contributed by atoms with E-state index in [0.717, 1.165) is 85.1 Å². The molecule has 1 N–H and O–H groups in total. The first-order valence-electron chi connectivity index (χ1n) is 11.9. The lowest BCUT2D eigenvalue weighted by Gasteiger charge is -2.26. The molecule has 0 bridgehead atoms. The molecule has 6 rings (SSSR count). The average Bonchev–Trinajstić information content (AvgIpc) is 3.43. The third-order valence-corrected chi connectivity index (χ3v) is 8.07. The Hall–Kier alpha value is -2.42. The van der Waals surface area contributed by atoms with E-state index in [-0.39, 0.29) is 12.8 Å². The van der Waals surface area contributed by atoms with E-state index in [1.54, 1.807) is 0 Å². The van der Waals surface area contributed by atoms with E-state index in [9.17, 15) is 0 Å². The van der Waals surface area contributed by atoms with Crippen LogP contribution in [0.25, 0.3) is 10.2 Å². The molecule has 8 heteroatoms. The van der Waals surface area contributed by atoms with Gasteiger partial charge in [0, 0.05) is 18.0 Å². The van der Waals surface area contributed by atoms with Crippen LogP contribution in [0.15, 0.2) is 18.2 Å². The summed E-state index contributed by atoms with van der Waals surface area (Å²) in [6.07, 6.45) is 3.48. The molecule has 2 aromatic heterocycles. The van der Waals surface area contributed by atoms with Crippen LogP contribution < -0.4 is 14.8 Å². The number of ether oxygens (including phenoxy) is 3. The van der Waals surface area contributed by atoms with Gasteiger partial charge in [-0.15, -0.1) is 11.3 Å². The Bertz CT molecular complexity index is 1170. The molecule has 1 aliphatic carbocycles. The molecule has 1 aromatic carbocycles. The van der Waals surface area contributed by atoms with Gasteiger partial charge >= 0.3 is 0 Å². The first kappa shape index (κ1) is 21.1. The van der Waals surface area contributed by atoms with Crippen molar-refractivity contribution < 1.29 is 14.2 Å². The molecule has 0 amide bonds. The van der Waals surface area contributed by atoms with E-state index >= 15 is 0 Å². The van der Waals surface area contributed by atoms with Crippen molar-refractivity contribution in [1.29, 1.82) is 0 Å². The zero-order valence-corrected chi connectivity index (χ0v) is 20.0. The molecule has 2 atom stereocenters. The average molecular weight is 467 g/mol. The summed E-state index contributed by atoms with van der Waals surface area (Å²) in [6, 6.07) is 6.23. The van der Waals surface area contributed by atoms with Crippen LogP contribution in [-0.2, 0) is 24.1 Å². The van der Waals surface area contributed by atoms with Gasteiger partial charge in [-0.1, -0.05) is 13.0 Å². The largest absolute Gasteiger partial charge is 0.454 e. The molecule has 174 valence electrons. The van der Waals surface area contributed by atoms with E-state index in [4.69, 9.17) is 24.2 Å². The van der Waals surface area contributed by atoms with Crippen molar-refractivity contribution in [3.8, 4) is 11.5 Å². The van der Waals surface area contributed by atoms with E-state index in [0.29, 0.717) is 0 Å². The second-order valence-electron chi connectivity index (χ2n) is 9.39. The van der Waals surface area contributed by atoms with Crippen LogP contribution >= 0.6 is 11.3 Å². The summed E-state index contributed by atoms with van der Waals surface area (Å²) in [7, 11) is 0. The highest BCUT2D eigenvalue weighted by Crippen LogP contribution is 2.41. The van der Waals surface area contributed by atoms with E-state index in [2.05, 4.69) is 36.2 Å². The zero-order valence-electron chi connectivity index (χ0n) is 19.2. The summed E-state index contributed by atoms with van der Waals surface area (Å²) < 4.78 is 16.6. The maximum atomic E-state index is 5.60. The molecule has 4 heterocycles. The topological polar surface area (TPSA) is 68.7 Å². The van der Waals surface area contributed by atoms with Crippen molar-refractivity contribution in [3.63, 3.8) is 0 Å². The number of rotatable bonds is 5. The summed E-state index contributed by atoms with van der Waals surface area (Å²) in [5.41, 5.74) is 2.60. The number of fused-ring (bicyclic) bond motifs is 4. The third kappa shape index (κ3) is 4.16. The molecular weight excluding hydrogens is 436 g/mol. The van der Waals surface area contributed by atoms with E-state index in [1.165, 1.54) is 22.2 Å². The normalized spacial score (nSPS) is 21.2. The molecular formula is C25H30N4O3S. The fourth-order valence-electron chi connectivity index (χ4n) is 4.99. The van der Waals surface area contributed by atoms with Gasteiger partial charge < -0.3 is 19.5 Å². The van der Waals surface area contributed by atoms with Crippen LogP contribution in [0.3, 0.4) is 0 Å². The molecule has 2 aliphatic heterocycles. The Morgan fingerprint density at radius 1 is 1.18 bits per heavy atom. The number of aromatic nitrogens is 2. The Morgan fingerprint density at radius 2 is 2.03 bits per heavy atom. The second-order valence-corrected chi connectivity index (χ2v) is 10.5. The summed E-state index contributed by atoms with van der Waals surface area (Å²) in [6.45, 7) is 8.98. The minimum atomic E-state index is 0.0758. The molecule has 0 spiro atoms. The van der Waals surface area contributed by atoms with Crippen molar-refractivity contribution in [2.24, 2.45) is 5.92 Å². The number of nitrogens with one attached hydrogen (secondary N) is 1. The number of benzene rings is 1. The van der Waals surface area contributed by atoms with Gasteiger partial charge in [-0.25, -0.2) is 9.97 Å². The zero-order chi connectivity index (χ0) is 22.4. The van der Waals surface area contributed by atoms with Crippen molar-refractivity contribution >= 4 is 27.4 Å². The van der Waals surface area contributed by atoms with Gasteiger partial charge in [-0.3, -0.25) is 4.90 Å². The predicted octanol–water partition coefficient (Wildman–Crippen LogP) is 4.55. The van der Waals surface area contributed by atoms with Gasteiger partial charge in [0.05, 0.1) is 31.2 Å². The highest BCUT2D eigenvalue weighted by molar-refractivity contribution is 7.19. The molecule has 33 heavy (non-hydrogen) atoms. The van der Waals surface area contributed by atoms with Gasteiger partial charge in [-0.05, 0) is 55.4 Å². The summed E-state index contributed by atoms with van der Waals surface area (Å²) in [4.78, 5) is 15.1. The molecule has 7 nitrogen and oxygen atoms in total. The van der Waals surface area contributed by atoms with Gasteiger partial charge in [0.25, 0.3) is 0 Å². The number of morpholine rings is 1. The first-order chi connectivity index (χ1) is 16.1. The smallest absolute Gasteiger partial charge is 0.231 e. The van der Waals surface area contributed by atoms with Crippen molar-refractivity contribution in [2.75, 3.05) is 38.4 Å². The summed E-state index contributed by atoms with van der Waals surface area (Å²) in [5, 5.41) is 4.96.